The number of rotatable bonds is 5. The zero-order valence-electron chi connectivity index (χ0n) is 20.0. The van der Waals surface area contributed by atoms with Crippen molar-refractivity contribution in [2.45, 2.75) is 31.8 Å². The van der Waals surface area contributed by atoms with Crippen LogP contribution in [0.15, 0.2) is 42.5 Å². The Morgan fingerprint density at radius 1 is 0.857 bits per heavy atom. The highest BCUT2D eigenvalue weighted by Crippen LogP contribution is 2.44. The Labute approximate surface area is 203 Å². The van der Waals surface area contributed by atoms with E-state index in [1.54, 1.807) is 21.3 Å². The molecular formula is C27H29NO7. The highest BCUT2D eigenvalue weighted by Gasteiger charge is 2.32. The fourth-order valence-electron chi connectivity index (χ4n) is 5.14. The fraction of sp³-hybridized carbons (Fsp3) is 0.333. The number of aliphatic carboxylic acids is 2. The van der Waals surface area contributed by atoms with Gasteiger partial charge in [0.05, 0.1) is 21.3 Å². The number of methoxy groups -OCH3 is 3. The molecular weight excluding hydrogens is 450 g/mol. The summed E-state index contributed by atoms with van der Waals surface area (Å²) in [5.74, 6) is -0.0659. The number of benzene rings is 3. The summed E-state index contributed by atoms with van der Waals surface area (Å²) in [4.78, 5) is 21.8. The van der Waals surface area contributed by atoms with Crippen LogP contribution in [-0.4, -0.2) is 61.0 Å². The lowest BCUT2D eigenvalue weighted by Gasteiger charge is -2.33. The summed E-state index contributed by atoms with van der Waals surface area (Å²) in [6, 6.07) is 11.4. The van der Waals surface area contributed by atoms with Gasteiger partial charge in [0.1, 0.15) is 5.75 Å². The molecule has 3 aromatic rings. The first-order valence-corrected chi connectivity index (χ1v) is 11.4. The van der Waals surface area contributed by atoms with Gasteiger partial charge >= 0.3 is 11.9 Å². The number of carboxylic acid groups (broad SMARTS) is 2. The van der Waals surface area contributed by atoms with Crippen molar-refractivity contribution in [1.29, 1.82) is 0 Å². The van der Waals surface area contributed by atoms with Crippen molar-refractivity contribution >= 4 is 33.5 Å². The summed E-state index contributed by atoms with van der Waals surface area (Å²) in [6.45, 7) is 2.25. The van der Waals surface area contributed by atoms with E-state index in [1.165, 1.54) is 52.1 Å². The molecule has 0 bridgehead atoms. The molecule has 0 saturated carbocycles. The molecule has 0 amide bonds. The van der Waals surface area contributed by atoms with Gasteiger partial charge in [-0.05, 0) is 82.7 Å². The maximum absolute atomic E-state index is 9.55. The van der Waals surface area contributed by atoms with Gasteiger partial charge in [0, 0.05) is 24.7 Å². The van der Waals surface area contributed by atoms with Gasteiger partial charge in [0.15, 0.2) is 11.5 Å². The van der Waals surface area contributed by atoms with Gasteiger partial charge in [-0.25, -0.2) is 9.59 Å². The predicted molar refractivity (Wildman–Crippen MR) is 133 cm³/mol. The van der Waals surface area contributed by atoms with Crippen LogP contribution in [0, 0.1) is 0 Å². The molecule has 3 aromatic carbocycles. The Bertz CT molecular complexity index is 1300. The van der Waals surface area contributed by atoms with E-state index >= 15 is 0 Å². The number of hydrogen-bond acceptors (Lipinski definition) is 6. The molecule has 1 atom stereocenters. The summed E-state index contributed by atoms with van der Waals surface area (Å²) in [5.41, 5.74) is 2.94. The molecule has 5 rings (SSSR count). The molecule has 8 nitrogen and oxygen atoms in total. The van der Waals surface area contributed by atoms with Crippen LogP contribution in [0.4, 0.5) is 0 Å². The van der Waals surface area contributed by atoms with Crippen LogP contribution < -0.4 is 14.2 Å². The first kappa shape index (κ1) is 24.3. The van der Waals surface area contributed by atoms with Gasteiger partial charge in [-0.1, -0.05) is 6.07 Å². The smallest absolute Gasteiger partial charge is 0.328 e. The van der Waals surface area contributed by atoms with Gasteiger partial charge in [0.2, 0.25) is 0 Å². The second-order valence-corrected chi connectivity index (χ2v) is 8.60. The standard InChI is InChI=1S/C23H25NO3.C4H4O4/c1-25-15-6-7-16-18(10-15)20-12-23(27-3)22(26-2)11-19(20)17-9-14-5-4-8-24(14)13-21(16)17;5-3(6)1-2-4(7)8/h6-7,10-12,14H,4-5,8-9,13H2,1-3H3;1-2H,(H,5,6)(H,7,8)/b;2-1+. The number of carbonyl (C=O) groups is 2. The molecule has 2 aliphatic rings. The molecule has 0 radical (unpaired) electrons. The molecule has 1 unspecified atom stereocenters. The third-order valence-electron chi connectivity index (χ3n) is 6.72. The Morgan fingerprint density at radius 3 is 2.09 bits per heavy atom. The first-order valence-electron chi connectivity index (χ1n) is 11.4. The molecule has 2 N–H and O–H groups in total. The van der Waals surface area contributed by atoms with E-state index in [2.05, 4.69) is 35.2 Å². The van der Waals surface area contributed by atoms with Crippen LogP contribution in [0.2, 0.25) is 0 Å². The van der Waals surface area contributed by atoms with Gasteiger partial charge in [-0.3, -0.25) is 4.90 Å². The van der Waals surface area contributed by atoms with E-state index in [0.717, 1.165) is 30.2 Å². The van der Waals surface area contributed by atoms with E-state index < -0.39 is 11.9 Å². The van der Waals surface area contributed by atoms with Crippen LogP contribution in [0.1, 0.15) is 24.0 Å². The summed E-state index contributed by atoms with van der Waals surface area (Å²) in [6.07, 6.45) is 4.84. The summed E-state index contributed by atoms with van der Waals surface area (Å²) < 4.78 is 16.7. The van der Waals surface area contributed by atoms with Crippen LogP contribution >= 0.6 is 0 Å². The lowest BCUT2D eigenvalue weighted by molar-refractivity contribution is -0.134. The minimum Gasteiger partial charge on any atom is -0.497 e. The van der Waals surface area contributed by atoms with E-state index in [0.29, 0.717) is 18.2 Å². The predicted octanol–water partition coefficient (Wildman–Crippen LogP) is 4.25. The zero-order chi connectivity index (χ0) is 25.1. The lowest BCUT2D eigenvalue weighted by atomic mass is 9.85. The van der Waals surface area contributed by atoms with Gasteiger partial charge in [-0.2, -0.15) is 0 Å². The molecule has 0 aromatic heterocycles. The molecule has 8 heteroatoms. The van der Waals surface area contributed by atoms with Gasteiger partial charge in [0.25, 0.3) is 0 Å². The second-order valence-electron chi connectivity index (χ2n) is 8.60. The van der Waals surface area contributed by atoms with Gasteiger partial charge < -0.3 is 24.4 Å². The third-order valence-corrected chi connectivity index (χ3v) is 6.72. The molecule has 184 valence electrons. The number of carboxylic acids is 2. The number of fused-ring (bicyclic) bond motifs is 7. The topological polar surface area (TPSA) is 106 Å². The van der Waals surface area contributed by atoms with Crippen molar-refractivity contribution in [1.82, 2.24) is 4.90 Å². The quantitative estimate of drug-likeness (QED) is 0.413. The van der Waals surface area contributed by atoms with Crippen molar-refractivity contribution in [2.75, 3.05) is 27.9 Å². The van der Waals surface area contributed by atoms with Crippen molar-refractivity contribution in [3.8, 4) is 17.2 Å². The second kappa shape index (κ2) is 10.2. The molecule has 1 fully saturated rings. The van der Waals surface area contributed by atoms with Crippen molar-refractivity contribution in [3.63, 3.8) is 0 Å². The SMILES string of the molecule is COc1ccc2c3c(c4cc(OC)c(OC)cc4c2c1)CC1CCCN1C3.O=C(O)/C=C/C(=O)O. The minimum atomic E-state index is -1.26. The lowest BCUT2D eigenvalue weighted by Crippen LogP contribution is -2.35. The van der Waals surface area contributed by atoms with Crippen LogP contribution in [-0.2, 0) is 22.6 Å². The maximum atomic E-state index is 9.55. The van der Waals surface area contributed by atoms with E-state index in [-0.39, 0.29) is 0 Å². The Kier molecular flexibility index (Phi) is 7.12. The fourth-order valence-corrected chi connectivity index (χ4v) is 5.14. The summed E-state index contributed by atoms with van der Waals surface area (Å²) in [7, 11) is 5.13. The minimum absolute atomic E-state index is 0.558. The monoisotopic (exact) mass is 479 g/mol. The average molecular weight is 480 g/mol. The molecule has 2 heterocycles. The first-order chi connectivity index (χ1) is 16.9. The molecule has 0 aliphatic carbocycles. The largest absolute Gasteiger partial charge is 0.497 e. The molecule has 2 aliphatic heterocycles. The van der Waals surface area contributed by atoms with Crippen LogP contribution in [0.3, 0.4) is 0 Å². The summed E-state index contributed by atoms with van der Waals surface area (Å²) in [5, 5.41) is 20.7. The number of hydrogen-bond donors (Lipinski definition) is 2. The van der Waals surface area contributed by atoms with Crippen LogP contribution in [0.5, 0.6) is 17.2 Å². The molecule has 35 heavy (non-hydrogen) atoms. The van der Waals surface area contributed by atoms with Crippen molar-refractivity contribution in [2.24, 2.45) is 0 Å². The van der Waals surface area contributed by atoms with E-state index in [4.69, 9.17) is 24.4 Å². The molecule has 1 saturated heterocycles. The molecule has 0 spiro atoms. The van der Waals surface area contributed by atoms with Crippen LogP contribution in [0.25, 0.3) is 21.5 Å². The van der Waals surface area contributed by atoms with E-state index in [1.807, 2.05) is 0 Å². The Morgan fingerprint density at radius 2 is 1.49 bits per heavy atom. The van der Waals surface area contributed by atoms with Crippen molar-refractivity contribution < 1.29 is 34.0 Å². The van der Waals surface area contributed by atoms with Crippen molar-refractivity contribution in [3.05, 3.63) is 53.6 Å². The Balaban J connectivity index is 0.000000314. The average Bonchev–Trinajstić information content (AvgIpc) is 3.33. The maximum Gasteiger partial charge on any atom is 0.328 e. The third kappa shape index (κ3) is 4.88. The highest BCUT2D eigenvalue weighted by molar-refractivity contribution is 6.12. The normalized spacial score (nSPS) is 16.9. The summed E-state index contributed by atoms with van der Waals surface area (Å²) >= 11 is 0. The zero-order valence-corrected chi connectivity index (χ0v) is 20.0. The van der Waals surface area contributed by atoms with E-state index in [9.17, 15) is 9.59 Å². The highest BCUT2D eigenvalue weighted by atomic mass is 16.5. The van der Waals surface area contributed by atoms with Gasteiger partial charge in [-0.15, -0.1) is 0 Å². The Hall–Kier alpha value is -3.78. The number of nitrogens with zero attached hydrogens (tertiary/aromatic N) is 1. The number of ether oxygens (including phenoxy) is 3.